The molecule has 9 aromatic rings. The van der Waals surface area contributed by atoms with Crippen LogP contribution >= 0.6 is 11.8 Å². The van der Waals surface area contributed by atoms with Crippen LogP contribution in [0.3, 0.4) is 0 Å². The van der Waals surface area contributed by atoms with Gasteiger partial charge in [0.05, 0.1) is 0 Å². The molecule has 0 aliphatic carbocycles. The summed E-state index contributed by atoms with van der Waals surface area (Å²) in [4.78, 5) is 2.66. The second-order valence-electron chi connectivity index (χ2n) is 12.1. The minimum absolute atomic E-state index is 1.23. The van der Waals surface area contributed by atoms with Gasteiger partial charge in [-0.15, -0.1) is 0 Å². The molecule has 1 heteroatoms. The van der Waals surface area contributed by atoms with Crippen LogP contribution in [0.1, 0.15) is 0 Å². The highest BCUT2D eigenvalue weighted by molar-refractivity contribution is 8.00. The van der Waals surface area contributed by atoms with Crippen molar-refractivity contribution in [2.45, 2.75) is 9.79 Å². The van der Waals surface area contributed by atoms with E-state index < -0.39 is 0 Å². The molecule has 0 spiro atoms. The Morgan fingerprint density at radius 3 is 1.71 bits per heavy atom. The molecule has 0 nitrogen and oxygen atoms in total. The average Bonchev–Trinajstić information content (AvgIpc) is 3.11. The maximum absolute atomic E-state index is 2.42. The van der Waals surface area contributed by atoms with Gasteiger partial charge in [0.15, 0.2) is 0 Å². The third kappa shape index (κ3) is 3.75. The molecule has 45 heavy (non-hydrogen) atoms. The normalized spacial score (nSPS) is 12.4. The predicted molar refractivity (Wildman–Crippen MR) is 194 cm³/mol. The van der Waals surface area contributed by atoms with Crippen LogP contribution in [0.15, 0.2) is 168 Å². The molecular weight excluding hydrogens is 561 g/mol. The molecule has 1 heterocycles. The Morgan fingerprint density at radius 1 is 0.311 bits per heavy atom. The van der Waals surface area contributed by atoms with Crippen molar-refractivity contribution in [3.8, 4) is 44.5 Å². The lowest BCUT2D eigenvalue weighted by Crippen LogP contribution is -1.95. The van der Waals surface area contributed by atoms with Gasteiger partial charge in [-0.05, 0) is 106 Å². The van der Waals surface area contributed by atoms with E-state index in [-0.39, 0.29) is 0 Å². The van der Waals surface area contributed by atoms with Crippen molar-refractivity contribution in [2.75, 3.05) is 0 Å². The molecule has 1 aliphatic heterocycles. The summed E-state index contributed by atoms with van der Waals surface area (Å²) in [6.45, 7) is 0. The molecule has 9 aromatic carbocycles. The van der Waals surface area contributed by atoms with Gasteiger partial charge in [-0.2, -0.15) is 0 Å². The molecule has 0 N–H and O–H groups in total. The summed E-state index contributed by atoms with van der Waals surface area (Å²) in [6, 6.07) is 58.6. The second kappa shape index (κ2) is 9.56. The van der Waals surface area contributed by atoms with Crippen LogP contribution in [0.4, 0.5) is 0 Å². The Labute approximate surface area is 265 Å². The Hall–Kier alpha value is -5.37. The highest BCUT2D eigenvalue weighted by Crippen LogP contribution is 2.52. The fraction of sp³-hybridized carbons (Fsp3) is 0. The monoisotopic (exact) mass is 586 g/mol. The third-order valence-electron chi connectivity index (χ3n) is 9.58. The van der Waals surface area contributed by atoms with Crippen LogP contribution < -0.4 is 0 Å². The minimum Gasteiger partial charge on any atom is -0.0881 e. The molecule has 0 unspecified atom stereocenters. The molecule has 1 aliphatic rings. The smallest absolute Gasteiger partial charge is 0.0285 e. The zero-order valence-electron chi connectivity index (χ0n) is 24.4. The van der Waals surface area contributed by atoms with E-state index in [0.717, 1.165) is 0 Å². The van der Waals surface area contributed by atoms with Crippen molar-refractivity contribution in [2.24, 2.45) is 0 Å². The van der Waals surface area contributed by atoms with E-state index in [1.807, 2.05) is 11.8 Å². The van der Waals surface area contributed by atoms with Crippen LogP contribution in [0, 0.1) is 0 Å². The van der Waals surface area contributed by atoms with Gasteiger partial charge in [0.1, 0.15) is 0 Å². The van der Waals surface area contributed by atoms with E-state index in [1.165, 1.54) is 97.4 Å². The van der Waals surface area contributed by atoms with Crippen LogP contribution in [0.2, 0.25) is 0 Å². The Balaban J connectivity index is 1.27. The highest BCUT2D eigenvalue weighted by atomic mass is 32.2. The van der Waals surface area contributed by atoms with Crippen LogP contribution in [0.25, 0.3) is 87.6 Å². The predicted octanol–water partition coefficient (Wildman–Crippen LogP) is 12.9. The fourth-order valence-electron chi connectivity index (χ4n) is 7.51. The van der Waals surface area contributed by atoms with Crippen molar-refractivity contribution in [1.82, 2.24) is 0 Å². The molecule has 0 saturated carbocycles. The maximum atomic E-state index is 2.42. The van der Waals surface area contributed by atoms with Gasteiger partial charge in [-0.1, -0.05) is 145 Å². The average molecular weight is 587 g/mol. The van der Waals surface area contributed by atoms with Gasteiger partial charge in [0.2, 0.25) is 0 Å². The first-order chi connectivity index (χ1) is 22.3. The molecule has 208 valence electrons. The molecule has 0 aromatic heterocycles. The molecule has 0 bridgehead atoms. The molecule has 0 atom stereocenters. The quantitative estimate of drug-likeness (QED) is 0.186. The van der Waals surface area contributed by atoms with Gasteiger partial charge >= 0.3 is 0 Å². The topological polar surface area (TPSA) is 0 Å². The minimum atomic E-state index is 1.23. The lowest BCUT2D eigenvalue weighted by molar-refractivity contribution is 1.39. The van der Waals surface area contributed by atoms with Gasteiger partial charge in [0.25, 0.3) is 0 Å². The molecule has 0 amide bonds. The SMILES string of the molecule is c1ccc(-c2cc(-c3ccc4cccc5c4c3Sc3ccccc3-5)cc(-c3ccc4ccc5cccc6ccc3c4c56)c2)cc1. The first-order valence-electron chi connectivity index (χ1n) is 15.5. The van der Waals surface area contributed by atoms with Crippen molar-refractivity contribution in [3.63, 3.8) is 0 Å². The van der Waals surface area contributed by atoms with E-state index >= 15 is 0 Å². The van der Waals surface area contributed by atoms with Crippen molar-refractivity contribution in [3.05, 3.63) is 158 Å². The van der Waals surface area contributed by atoms with Gasteiger partial charge in [-0.25, -0.2) is 0 Å². The molecule has 10 rings (SSSR count). The Morgan fingerprint density at radius 2 is 0.889 bits per heavy atom. The second-order valence-corrected chi connectivity index (χ2v) is 13.1. The van der Waals surface area contributed by atoms with E-state index in [4.69, 9.17) is 0 Å². The van der Waals surface area contributed by atoms with Crippen molar-refractivity contribution >= 4 is 54.9 Å². The van der Waals surface area contributed by atoms with Crippen LogP contribution in [-0.4, -0.2) is 0 Å². The Kier molecular flexibility index (Phi) is 5.31. The molecule has 0 radical (unpaired) electrons. The van der Waals surface area contributed by atoms with E-state index in [0.29, 0.717) is 0 Å². The van der Waals surface area contributed by atoms with Gasteiger partial charge in [-0.3, -0.25) is 0 Å². The standard InChI is InChI=1S/C44H26S/c1-2-8-27(9-3-1)32-24-33(35-21-18-31-17-16-28-10-6-11-29-20-23-39(35)42(31)41(28)29)26-34(25-32)36-22-19-30-12-7-14-38-37-13-4-5-15-40(37)45-44(36)43(30)38/h1-26H. The summed E-state index contributed by atoms with van der Waals surface area (Å²) >= 11 is 1.91. The summed E-state index contributed by atoms with van der Waals surface area (Å²) < 4.78 is 0. The summed E-state index contributed by atoms with van der Waals surface area (Å²) in [6.07, 6.45) is 0. The van der Waals surface area contributed by atoms with Crippen LogP contribution in [0.5, 0.6) is 0 Å². The largest absolute Gasteiger partial charge is 0.0881 e. The number of rotatable bonds is 3. The third-order valence-corrected chi connectivity index (χ3v) is 10.8. The zero-order valence-corrected chi connectivity index (χ0v) is 25.2. The lowest BCUT2D eigenvalue weighted by Gasteiger charge is -2.23. The zero-order chi connectivity index (χ0) is 29.5. The summed E-state index contributed by atoms with van der Waals surface area (Å²) in [5.41, 5.74) is 10.2. The number of hydrogen-bond donors (Lipinski definition) is 0. The van der Waals surface area contributed by atoms with E-state index in [2.05, 4.69) is 158 Å². The van der Waals surface area contributed by atoms with Gasteiger partial charge < -0.3 is 0 Å². The first kappa shape index (κ1) is 25.0. The number of benzene rings is 9. The van der Waals surface area contributed by atoms with Crippen molar-refractivity contribution in [1.29, 1.82) is 0 Å². The lowest BCUT2D eigenvalue weighted by atomic mass is 9.87. The van der Waals surface area contributed by atoms with Gasteiger partial charge in [0, 0.05) is 15.2 Å². The molecular formula is C44H26S. The van der Waals surface area contributed by atoms with E-state index in [9.17, 15) is 0 Å². The first-order valence-corrected chi connectivity index (χ1v) is 16.3. The summed E-state index contributed by atoms with van der Waals surface area (Å²) in [5, 5.41) is 10.5. The van der Waals surface area contributed by atoms with Crippen molar-refractivity contribution < 1.29 is 0 Å². The highest BCUT2D eigenvalue weighted by Gasteiger charge is 2.23. The fourth-order valence-corrected chi connectivity index (χ4v) is 8.79. The number of fused-ring (bicyclic) bond motifs is 2. The van der Waals surface area contributed by atoms with E-state index in [1.54, 1.807) is 0 Å². The maximum Gasteiger partial charge on any atom is 0.0285 e. The number of hydrogen-bond acceptors (Lipinski definition) is 1. The Bertz CT molecular complexity index is 2600. The molecule has 0 saturated heterocycles. The van der Waals surface area contributed by atoms with Crippen LogP contribution in [-0.2, 0) is 0 Å². The summed E-state index contributed by atoms with van der Waals surface area (Å²) in [5.74, 6) is 0. The molecule has 0 fully saturated rings. The summed E-state index contributed by atoms with van der Waals surface area (Å²) in [7, 11) is 0.